The predicted octanol–water partition coefficient (Wildman–Crippen LogP) is 3.53. The zero-order valence-corrected chi connectivity index (χ0v) is 17.9. The number of carbonyl (C=O) groups excluding carboxylic acids is 2. The molecule has 32 heavy (non-hydrogen) atoms. The minimum atomic E-state index is -0.767. The molecular formula is C25H28N2O5. The molecule has 2 aromatic carbocycles. The maximum absolute atomic E-state index is 12.1. The van der Waals surface area contributed by atoms with Crippen LogP contribution in [0.3, 0.4) is 0 Å². The molecule has 2 aliphatic carbocycles. The highest BCUT2D eigenvalue weighted by Gasteiger charge is 2.31. The molecule has 3 N–H and O–H groups in total. The zero-order valence-electron chi connectivity index (χ0n) is 17.9. The highest BCUT2D eigenvalue weighted by atomic mass is 16.5. The van der Waals surface area contributed by atoms with Crippen LogP contribution >= 0.6 is 0 Å². The Kier molecular flexibility index (Phi) is 6.73. The van der Waals surface area contributed by atoms with E-state index in [2.05, 4.69) is 34.9 Å². The summed E-state index contributed by atoms with van der Waals surface area (Å²) in [5, 5.41) is 14.3. The third-order valence-electron chi connectivity index (χ3n) is 6.35. The number of nitrogens with one attached hydrogen (secondary N) is 2. The third kappa shape index (κ3) is 5.10. The number of carboxylic acids is 1. The molecule has 168 valence electrons. The molecule has 2 amide bonds. The van der Waals surface area contributed by atoms with E-state index in [4.69, 9.17) is 9.84 Å². The average Bonchev–Trinajstić information content (AvgIpc) is 3.07. The van der Waals surface area contributed by atoms with Gasteiger partial charge >= 0.3 is 12.1 Å². The number of amides is 2. The number of alkyl carbamates (subject to hydrolysis) is 1. The highest BCUT2D eigenvalue weighted by Crippen LogP contribution is 2.44. The fourth-order valence-electron chi connectivity index (χ4n) is 4.73. The van der Waals surface area contributed by atoms with E-state index in [9.17, 15) is 14.4 Å². The van der Waals surface area contributed by atoms with Gasteiger partial charge in [0.15, 0.2) is 0 Å². The van der Waals surface area contributed by atoms with Crippen molar-refractivity contribution in [2.24, 2.45) is 11.8 Å². The average molecular weight is 437 g/mol. The molecule has 0 atom stereocenters. The Bertz CT molecular complexity index is 954. The van der Waals surface area contributed by atoms with Crippen LogP contribution in [-0.4, -0.2) is 42.8 Å². The van der Waals surface area contributed by atoms with Crippen LogP contribution in [0.5, 0.6) is 0 Å². The van der Waals surface area contributed by atoms with Gasteiger partial charge < -0.3 is 20.5 Å². The standard InChI is InChI=1S/C25H28N2O5/c28-23(27-14-17-11-16(12-17)13-24(29)30)9-10-26-25(31)32-15-22-20-7-3-1-5-18(20)19-6-2-4-8-21(19)22/h1-8,16-17,22H,9-15H2,(H,26,31)(H,27,28)(H,29,30). The minimum Gasteiger partial charge on any atom is -0.481 e. The third-order valence-corrected chi connectivity index (χ3v) is 6.35. The summed E-state index contributed by atoms with van der Waals surface area (Å²) in [6.45, 7) is 1.000. The first kappa shape index (κ1) is 21.9. The van der Waals surface area contributed by atoms with Crippen molar-refractivity contribution in [3.8, 4) is 11.1 Å². The van der Waals surface area contributed by atoms with Gasteiger partial charge in [0.25, 0.3) is 0 Å². The number of carboxylic acid groups (broad SMARTS) is 1. The van der Waals surface area contributed by atoms with Crippen LogP contribution in [0, 0.1) is 11.8 Å². The number of ether oxygens (including phenoxy) is 1. The first-order chi connectivity index (χ1) is 15.5. The van der Waals surface area contributed by atoms with Gasteiger partial charge in [0.05, 0.1) is 0 Å². The molecular weight excluding hydrogens is 408 g/mol. The van der Waals surface area contributed by atoms with Crippen molar-refractivity contribution in [2.45, 2.75) is 31.6 Å². The topological polar surface area (TPSA) is 105 Å². The van der Waals surface area contributed by atoms with Crippen LogP contribution < -0.4 is 10.6 Å². The second-order valence-electron chi connectivity index (χ2n) is 8.61. The number of aliphatic carboxylic acids is 1. The molecule has 0 unspecified atom stereocenters. The second-order valence-corrected chi connectivity index (χ2v) is 8.61. The van der Waals surface area contributed by atoms with Crippen molar-refractivity contribution in [3.63, 3.8) is 0 Å². The molecule has 0 heterocycles. The van der Waals surface area contributed by atoms with E-state index < -0.39 is 12.1 Å². The van der Waals surface area contributed by atoms with Crippen molar-refractivity contribution in [3.05, 3.63) is 59.7 Å². The van der Waals surface area contributed by atoms with E-state index in [-0.39, 0.29) is 43.7 Å². The zero-order chi connectivity index (χ0) is 22.5. The summed E-state index contributed by atoms with van der Waals surface area (Å²) >= 11 is 0. The van der Waals surface area contributed by atoms with E-state index in [1.165, 1.54) is 11.1 Å². The molecule has 0 radical (unpaired) electrons. The molecule has 0 saturated heterocycles. The summed E-state index contributed by atoms with van der Waals surface area (Å²) in [6.07, 6.45) is 1.52. The Labute approximate surface area is 187 Å². The van der Waals surface area contributed by atoms with Crippen LogP contribution in [0.1, 0.15) is 42.7 Å². The van der Waals surface area contributed by atoms with Gasteiger partial charge in [-0.25, -0.2) is 4.79 Å². The molecule has 1 saturated carbocycles. The number of benzene rings is 2. The first-order valence-corrected chi connectivity index (χ1v) is 11.1. The van der Waals surface area contributed by atoms with Crippen molar-refractivity contribution in [1.29, 1.82) is 0 Å². The largest absolute Gasteiger partial charge is 0.481 e. The summed E-state index contributed by atoms with van der Waals surface area (Å²) < 4.78 is 5.46. The van der Waals surface area contributed by atoms with E-state index in [1.807, 2.05) is 24.3 Å². The van der Waals surface area contributed by atoms with Crippen LogP contribution in [-0.2, 0) is 14.3 Å². The molecule has 4 rings (SSSR count). The molecule has 2 aromatic rings. The van der Waals surface area contributed by atoms with E-state index in [0.29, 0.717) is 12.5 Å². The lowest BCUT2D eigenvalue weighted by Crippen LogP contribution is -2.38. The van der Waals surface area contributed by atoms with Gasteiger partial charge in [0, 0.05) is 31.8 Å². The smallest absolute Gasteiger partial charge is 0.407 e. The summed E-state index contributed by atoms with van der Waals surface area (Å²) in [5.41, 5.74) is 4.66. The molecule has 0 aromatic heterocycles. The summed E-state index contributed by atoms with van der Waals surface area (Å²) in [6, 6.07) is 16.3. The Morgan fingerprint density at radius 1 is 0.906 bits per heavy atom. The maximum Gasteiger partial charge on any atom is 0.407 e. The normalized spacial score (nSPS) is 18.8. The second kappa shape index (κ2) is 9.85. The van der Waals surface area contributed by atoms with Gasteiger partial charge in [0.2, 0.25) is 5.91 Å². The van der Waals surface area contributed by atoms with Crippen LogP contribution in [0.15, 0.2) is 48.5 Å². The Morgan fingerprint density at radius 2 is 1.53 bits per heavy atom. The molecule has 0 bridgehead atoms. The first-order valence-electron chi connectivity index (χ1n) is 11.1. The van der Waals surface area contributed by atoms with Crippen molar-refractivity contribution < 1.29 is 24.2 Å². The Morgan fingerprint density at radius 3 is 2.16 bits per heavy atom. The number of hydrogen-bond donors (Lipinski definition) is 3. The van der Waals surface area contributed by atoms with Gasteiger partial charge in [-0.2, -0.15) is 0 Å². The summed E-state index contributed by atoms with van der Waals surface area (Å²) in [7, 11) is 0. The lowest BCUT2D eigenvalue weighted by atomic mass is 9.73. The lowest BCUT2D eigenvalue weighted by molar-refractivity contribution is -0.139. The predicted molar refractivity (Wildman–Crippen MR) is 119 cm³/mol. The van der Waals surface area contributed by atoms with Crippen molar-refractivity contribution in [1.82, 2.24) is 10.6 Å². The van der Waals surface area contributed by atoms with Crippen LogP contribution in [0.2, 0.25) is 0 Å². The number of hydrogen-bond acceptors (Lipinski definition) is 4. The molecule has 1 fully saturated rings. The SMILES string of the molecule is O=C(O)CC1CC(CNC(=O)CCNC(=O)OCC2c3ccccc3-c3ccccc32)C1. The molecule has 7 heteroatoms. The Balaban J connectivity index is 1.15. The van der Waals surface area contributed by atoms with Crippen LogP contribution in [0.4, 0.5) is 4.79 Å². The quantitative estimate of drug-likeness (QED) is 0.558. The lowest BCUT2D eigenvalue weighted by Gasteiger charge is -2.34. The van der Waals surface area contributed by atoms with Crippen LogP contribution in [0.25, 0.3) is 11.1 Å². The summed E-state index contributed by atoms with van der Waals surface area (Å²) in [5.74, 6) is -0.325. The fourth-order valence-corrected chi connectivity index (χ4v) is 4.73. The van der Waals surface area contributed by atoms with Gasteiger partial charge in [-0.05, 0) is 46.9 Å². The van der Waals surface area contributed by atoms with Crippen molar-refractivity contribution >= 4 is 18.0 Å². The molecule has 0 spiro atoms. The summed E-state index contributed by atoms with van der Waals surface area (Å²) in [4.78, 5) is 34.8. The molecule has 2 aliphatic rings. The number of carbonyl (C=O) groups is 3. The van der Waals surface area contributed by atoms with Crippen molar-refractivity contribution in [2.75, 3.05) is 19.7 Å². The Hall–Kier alpha value is -3.35. The highest BCUT2D eigenvalue weighted by molar-refractivity contribution is 5.79. The van der Waals surface area contributed by atoms with Gasteiger partial charge in [-0.3, -0.25) is 9.59 Å². The van der Waals surface area contributed by atoms with Gasteiger partial charge in [-0.1, -0.05) is 48.5 Å². The van der Waals surface area contributed by atoms with Gasteiger partial charge in [-0.15, -0.1) is 0 Å². The van der Waals surface area contributed by atoms with E-state index >= 15 is 0 Å². The maximum atomic E-state index is 12.1. The minimum absolute atomic E-state index is 0.00359. The molecule has 0 aliphatic heterocycles. The fraction of sp³-hybridized carbons (Fsp3) is 0.400. The monoisotopic (exact) mass is 436 g/mol. The molecule has 7 nitrogen and oxygen atoms in total. The number of fused-ring (bicyclic) bond motifs is 3. The van der Waals surface area contributed by atoms with Gasteiger partial charge in [0.1, 0.15) is 6.61 Å². The van der Waals surface area contributed by atoms with E-state index in [1.54, 1.807) is 0 Å². The van der Waals surface area contributed by atoms with E-state index in [0.717, 1.165) is 24.0 Å². The number of rotatable bonds is 9.